The number of benzene rings is 3. The summed E-state index contributed by atoms with van der Waals surface area (Å²) in [5.74, 6) is 0.349. The zero-order chi connectivity index (χ0) is 19.8. The lowest BCUT2D eigenvalue weighted by atomic mass is 9.71. The van der Waals surface area contributed by atoms with E-state index in [9.17, 15) is 0 Å². The number of hydrogen-bond acceptors (Lipinski definition) is 2. The van der Waals surface area contributed by atoms with E-state index in [1.54, 1.807) is 0 Å². The number of fused-ring (bicyclic) bond motifs is 3. The van der Waals surface area contributed by atoms with E-state index in [1.807, 2.05) is 0 Å². The average molecular weight is 382 g/mol. The fraction of sp³-hybridized carbons (Fsp3) is 0.259. The maximum atomic E-state index is 6.57. The van der Waals surface area contributed by atoms with E-state index in [2.05, 4.69) is 104 Å². The first-order chi connectivity index (χ1) is 14.2. The fourth-order valence-electron chi connectivity index (χ4n) is 4.83. The molecular weight excluding hydrogens is 354 g/mol. The number of ether oxygens (including phenoxy) is 1. The maximum Gasteiger partial charge on any atom is 0.119 e. The van der Waals surface area contributed by atoms with Crippen molar-refractivity contribution in [1.29, 1.82) is 0 Å². The summed E-state index contributed by atoms with van der Waals surface area (Å²) >= 11 is 0. The predicted molar refractivity (Wildman–Crippen MR) is 120 cm³/mol. The Balaban J connectivity index is 1.61. The lowest BCUT2D eigenvalue weighted by Gasteiger charge is -2.44. The Morgan fingerprint density at radius 1 is 0.897 bits per heavy atom. The molecule has 0 amide bonds. The zero-order valence-electron chi connectivity index (χ0n) is 17.1. The Morgan fingerprint density at radius 2 is 1.59 bits per heavy atom. The number of para-hydroxylation sites is 1. The monoisotopic (exact) mass is 381 g/mol. The van der Waals surface area contributed by atoms with Crippen molar-refractivity contribution in [2.24, 2.45) is 5.92 Å². The highest BCUT2D eigenvalue weighted by Gasteiger charge is 2.51. The second-order valence-electron chi connectivity index (χ2n) is 8.36. The largest absolute Gasteiger partial charge is 0.377 e. The van der Waals surface area contributed by atoms with E-state index in [4.69, 9.17) is 4.74 Å². The van der Waals surface area contributed by atoms with Crippen molar-refractivity contribution < 1.29 is 4.74 Å². The normalized spacial score (nSPS) is 25.4. The standard InChI is InChI=1S/C27H27NO/c1-19-7-11-21(12-8-19)15-17-27-23-5-3-4-6-25(23)28-26(24(27)16-18-29-27)22-13-9-20(2)10-14-22/h3-15,17,24,26,28H,16,18H2,1-2H3/b17-15+/t24-,26-,27+/m1/s1. The SMILES string of the molecule is Cc1ccc(/C=C/[C@@]23OCC[C@@H]2[C@@H](c2ccc(C)cc2)Nc2ccccc23)cc1. The minimum atomic E-state index is -0.401. The second-order valence-corrected chi connectivity index (χ2v) is 8.36. The van der Waals surface area contributed by atoms with Crippen molar-refractivity contribution in [2.45, 2.75) is 31.9 Å². The third-order valence-electron chi connectivity index (χ3n) is 6.42. The van der Waals surface area contributed by atoms with Crippen molar-refractivity contribution in [3.05, 3.63) is 107 Å². The molecule has 146 valence electrons. The minimum Gasteiger partial charge on any atom is -0.377 e. The van der Waals surface area contributed by atoms with E-state index < -0.39 is 5.60 Å². The van der Waals surface area contributed by atoms with Crippen LogP contribution >= 0.6 is 0 Å². The van der Waals surface area contributed by atoms with Crippen LogP contribution in [0.3, 0.4) is 0 Å². The van der Waals surface area contributed by atoms with Crippen LogP contribution in [0.2, 0.25) is 0 Å². The summed E-state index contributed by atoms with van der Waals surface area (Å²) < 4.78 is 6.57. The molecule has 1 N–H and O–H groups in total. The first kappa shape index (κ1) is 18.2. The molecule has 2 heteroatoms. The molecule has 2 aliphatic rings. The Kier molecular flexibility index (Phi) is 4.52. The molecule has 0 aliphatic carbocycles. The lowest BCUT2D eigenvalue weighted by Crippen LogP contribution is -2.41. The summed E-state index contributed by atoms with van der Waals surface area (Å²) in [6, 6.07) is 26.4. The Hall–Kier alpha value is -2.84. The zero-order valence-corrected chi connectivity index (χ0v) is 17.1. The summed E-state index contributed by atoms with van der Waals surface area (Å²) in [6.45, 7) is 5.04. The quantitative estimate of drug-likeness (QED) is 0.565. The summed E-state index contributed by atoms with van der Waals surface area (Å²) in [7, 11) is 0. The summed E-state index contributed by atoms with van der Waals surface area (Å²) in [4.78, 5) is 0. The van der Waals surface area contributed by atoms with Gasteiger partial charge in [0.05, 0.1) is 6.04 Å². The molecule has 1 fully saturated rings. The van der Waals surface area contributed by atoms with Crippen LogP contribution in [0.5, 0.6) is 0 Å². The molecule has 0 bridgehead atoms. The molecule has 0 aromatic heterocycles. The number of rotatable bonds is 3. The molecule has 2 aliphatic heterocycles. The van der Waals surface area contributed by atoms with E-state index in [1.165, 1.54) is 33.5 Å². The van der Waals surface area contributed by atoms with Gasteiger partial charge in [-0.2, -0.15) is 0 Å². The smallest absolute Gasteiger partial charge is 0.119 e. The van der Waals surface area contributed by atoms with Gasteiger partial charge in [0.1, 0.15) is 5.60 Å². The molecule has 3 atom stereocenters. The summed E-state index contributed by atoms with van der Waals surface area (Å²) in [5, 5.41) is 3.82. The Morgan fingerprint density at radius 3 is 2.34 bits per heavy atom. The van der Waals surface area contributed by atoms with Crippen molar-refractivity contribution in [2.75, 3.05) is 11.9 Å². The van der Waals surface area contributed by atoms with Crippen LogP contribution in [-0.2, 0) is 10.3 Å². The first-order valence-electron chi connectivity index (χ1n) is 10.5. The number of nitrogens with one attached hydrogen (secondary N) is 1. The topological polar surface area (TPSA) is 21.3 Å². The van der Waals surface area contributed by atoms with Crippen LogP contribution in [0.25, 0.3) is 6.08 Å². The van der Waals surface area contributed by atoms with Gasteiger partial charge in [-0.1, -0.05) is 83.9 Å². The average Bonchev–Trinajstić information content (AvgIpc) is 3.19. The Bertz CT molecular complexity index is 1030. The number of anilines is 1. The van der Waals surface area contributed by atoms with E-state index in [0.717, 1.165) is 13.0 Å². The molecule has 0 radical (unpaired) electrons. The van der Waals surface area contributed by atoms with Gasteiger partial charge < -0.3 is 10.1 Å². The third kappa shape index (κ3) is 3.18. The van der Waals surface area contributed by atoms with Crippen molar-refractivity contribution in [1.82, 2.24) is 0 Å². The van der Waals surface area contributed by atoms with Gasteiger partial charge in [-0.15, -0.1) is 0 Å². The Labute approximate surface area is 173 Å². The van der Waals surface area contributed by atoms with Gasteiger partial charge >= 0.3 is 0 Å². The molecule has 3 aromatic carbocycles. The highest BCUT2D eigenvalue weighted by Crippen LogP contribution is 2.54. The molecular formula is C27H27NO. The van der Waals surface area contributed by atoms with Gasteiger partial charge in [0.15, 0.2) is 0 Å². The van der Waals surface area contributed by atoms with E-state index in [-0.39, 0.29) is 6.04 Å². The highest BCUT2D eigenvalue weighted by atomic mass is 16.5. The maximum absolute atomic E-state index is 6.57. The molecule has 2 nitrogen and oxygen atoms in total. The lowest BCUT2D eigenvalue weighted by molar-refractivity contribution is 0.00976. The van der Waals surface area contributed by atoms with Crippen molar-refractivity contribution >= 4 is 11.8 Å². The van der Waals surface area contributed by atoms with E-state index >= 15 is 0 Å². The van der Waals surface area contributed by atoms with Gasteiger partial charge in [0.2, 0.25) is 0 Å². The van der Waals surface area contributed by atoms with Crippen LogP contribution in [0.4, 0.5) is 5.69 Å². The molecule has 0 spiro atoms. The number of hydrogen-bond donors (Lipinski definition) is 1. The molecule has 0 unspecified atom stereocenters. The van der Waals surface area contributed by atoms with Crippen LogP contribution < -0.4 is 5.32 Å². The molecule has 29 heavy (non-hydrogen) atoms. The first-order valence-corrected chi connectivity index (χ1v) is 10.5. The van der Waals surface area contributed by atoms with E-state index in [0.29, 0.717) is 5.92 Å². The molecule has 5 rings (SSSR count). The van der Waals surface area contributed by atoms with Crippen molar-refractivity contribution in [3.8, 4) is 0 Å². The van der Waals surface area contributed by atoms with Gasteiger partial charge in [-0.05, 0) is 43.5 Å². The van der Waals surface area contributed by atoms with Gasteiger partial charge in [-0.3, -0.25) is 0 Å². The number of aryl methyl sites for hydroxylation is 2. The highest BCUT2D eigenvalue weighted by molar-refractivity contribution is 5.63. The van der Waals surface area contributed by atoms with Crippen LogP contribution in [0.15, 0.2) is 78.9 Å². The second kappa shape index (κ2) is 7.20. The van der Waals surface area contributed by atoms with Crippen LogP contribution in [0, 0.1) is 19.8 Å². The van der Waals surface area contributed by atoms with Crippen LogP contribution in [-0.4, -0.2) is 6.61 Å². The molecule has 0 saturated carbocycles. The third-order valence-corrected chi connectivity index (χ3v) is 6.42. The minimum absolute atomic E-state index is 0.232. The molecule has 3 aromatic rings. The van der Waals surface area contributed by atoms with Gasteiger partial charge in [-0.25, -0.2) is 0 Å². The van der Waals surface area contributed by atoms with Crippen LogP contribution in [0.1, 0.15) is 40.3 Å². The molecule has 2 heterocycles. The van der Waals surface area contributed by atoms with Crippen molar-refractivity contribution in [3.63, 3.8) is 0 Å². The molecule has 1 saturated heterocycles. The summed E-state index contributed by atoms with van der Waals surface area (Å²) in [5.41, 5.74) is 7.12. The van der Waals surface area contributed by atoms with Gasteiger partial charge in [0.25, 0.3) is 0 Å². The summed E-state index contributed by atoms with van der Waals surface area (Å²) in [6.07, 6.45) is 5.57. The predicted octanol–water partition coefficient (Wildman–Crippen LogP) is 6.42. The van der Waals surface area contributed by atoms with Gasteiger partial charge in [0, 0.05) is 23.8 Å². The fourth-order valence-corrected chi connectivity index (χ4v) is 4.83.